The minimum absolute atomic E-state index is 0.631. The average Bonchev–Trinajstić information content (AvgIpc) is 3.16. The fraction of sp³-hybridized carbons (Fsp3) is 0.304. The third-order valence-corrected chi connectivity index (χ3v) is 6.67. The van der Waals surface area contributed by atoms with Gasteiger partial charge in [-0.15, -0.1) is 22.7 Å². The van der Waals surface area contributed by atoms with Crippen molar-refractivity contribution in [2.24, 2.45) is 0 Å². The van der Waals surface area contributed by atoms with Crippen molar-refractivity contribution in [3.8, 4) is 0 Å². The Hall–Kier alpha value is -1.64. The lowest BCUT2D eigenvalue weighted by atomic mass is 10.0. The molecule has 25 heavy (non-hydrogen) atoms. The number of fused-ring (bicyclic) bond motifs is 2. The first-order valence-electron chi connectivity index (χ1n) is 8.94. The van der Waals surface area contributed by atoms with Crippen LogP contribution in [0.15, 0.2) is 47.8 Å². The Bertz CT molecular complexity index is 986. The minimum Gasteiger partial charge on any atom is -0.144 e. The first-order valence-corrected chi connectivity index (χ1v) is 10.6. The van der Waals surface area contributed by atoms with Crippen LogP contribution in [0.5, 0.6) is 0 Å². The first kappa shape index (κ1) is 18.2. The lowest BCUT2D eigenvalue weighted by Gasteiger charge is -2.03. The molecule has 2 aromatic heterocycles. The number of rotatable bonds is 2. The van der Waals surface area contributed by atoms with E-state index in [-0.39, 0.29) is 0 Å². The molecule has 4 rings (SSSR count). The molecule has 0 aliphatic rings. The second-order valence-corrected chi connectivity index (χ2v) is 9.11. The highest BCUT2D eigenvalue weighted by Crippen LogP contribution is 2.28. The van der Waals surface area contributed by atoms with Gasteiger partial charge in [0.05, 0.1) is 0 Å². The van der Waals surface area contributed by atoms with Crippen LogP contribution in [0.1, 0.15) is 48.3 Å². The molecule has 130 valence electrons. The third-order valence-electron chi connectivity index (χ3n) is 4.57. The molecule has 0 radical (unpaired) electrons. The minimum atomic E-state index is 0.631. The topological polar surface area (TPSA) is 0 Å². The van der Waals surface area contributed by atoms with Crippen LogP contribution in [0.3, 0.4) is 0 Å². The Morgan fingerprint density at radius 3 is 2.44 bits per heavy atom. The largest absolute Gasteiger partial charge is 0.144 e. The van der Waals surface area contributed by atoms with Crippen molar-refractivity contribution in [2.45, 2.75) is 47.0 Å². The fourth-order valence-electron chi connectivity index (χ4n) is 2.96. The molecule has 4 aromatic rings. The number of hydrogen-bond acceptors (Lipinski definition) is 2. The van der Waals surface area contributed by atoms with E-state index in [0.29, 0.717) is 5.92 Å². The smallest absolute Gasteiger partial charge is 0.0348 e. The van der Waals surface area contributed by atoms with Crippen LogP contribution < -0.4 is 0 Å². The van der Waals surface area contributed by atoms with Crippen molar-refractivity contribution in [3.05, 3.63) is 69.4 Å². The number of hydrogen-bond donors (Lipinski definition) is 0. The van der Waals surface area contributed by atoms with Crippen LogP contribution in [-0.2, 0) is 6.42 Å². The highest BCUT2D eigenvalue weighted by atomic mass is 32.1. The zero-order valence-electron chi connectivity index (χ0n) is 15.7. The third kappa shape index (κ3) is 4.13. The maximum Gasteiger partial charge on any atom is 0.0348 e. The zero-order chi connectivity index (χ0) is 18.0. The molecule has 0 spiro atoms. The van der Waals surface area contributed by atoms with Crippen molar-refractivity contribution in [1.29, 1.82) is 0 Å². The maximum atomic E-state index is 2.32. The van der Waals surface area contributed by atoms with Crippen molar-refractivity contribution in [3.63, 3.8) is 0 Å². The molecule has 0 bridgehead atoms. The lowest BCUT2D eigenvalue weighted by molar-refractivity contribution is 0.869. The summed E-state index contributed by atoms with van der Waals surface area (Å²) in [4.78, 5) is 1.40. The monoisotopic (exact) mass is 366 g/mol. The zero-order valence-corrected chi connectivity index (χ0v) is 17.4. The normalized spacial score (nSPS) is 11.1. The van der Waals surface area contributed by atoms with E-state index >= 15 is 0 Å². The molecule has 0 saturated heterocycles. The molecule has 0 nitrogen and oxygen atoms in total. The Morgan fingerprint density at radius 2 is 1.72 bits per heavy atom. The van der Waals surface area contributed by atoms with Crippen LogP contribution in [0.4, 0.5) is 0 Å². The van der Waals surface area contributed by atoms with Crippen LogP contribution in [0, 0.1) is 13.8 Å². The Morgan fingerprint density at radius 1 is 0.920 bits per heavy atom. The van der Waals surface area contributed by atoms with Gasteiger partial charge in [0.15, 0.2) is 0 Å². The van der Waals surface area contributed by atoms with E-state index < -0.39 is 0 Å². The van der Waals surface area contributed by atoms with Gasteiger partial charge in [0.1, 0.15) is 0 Å². The highest BCUT2D eigenvalue weighted by molar-refractivity contribution is 7.19. The molecule has 0 unspecified atom stereocenters. The molecule has 2 aromatic carbocycles. The van der Waals surface area contributed by atoms with Crippen molar-refractivity contribution < 1.29 is 0 Å². The molecule has 0 atom stereocenters. The van der Waals surface area contributed by atoms with Crippen LogP contribution >= 0.6 is 22.7 Å². The van der Waals surface area contributed by atoms with E-state index in [9.17, 15) is 0 Å². The summed E-state index contributed by atoms with van der Waals surface area (Å²) in [6.07, 6.45) is 1.13. The quantitative estimate of drug-likeness (QED) is 0.336. The molecule has 0 N–H and O–H groups in total. The second kappa shape index (κ2) is 7.72. The predicted octanol–water partition coefficient (Wildman–Crippen LogP) is 8.11. The number of aryl methyl sites for hydroxylation is 3. The van der Waals surface area contributed by atoms with Gasteiger partial charge < -0.3 is 0 Å². The summed E-state index contributed by atoms with van der Waals surface area (Å²) < 4.78 is 2.83. The van der Waals surface area contributed by atoms with Crippen molar-refractivity contribution >= 4 is 42.8 Å². The van der Waals surface area contributed by atoms with Gasteiger partial charge in [-0.3, -0.25) is 0 Å². The molecule has 2 heterocycles. The van der Waals surface area contributed by atoms with Gasteiger partial charge in [-0.05, 0) is 77.2 Å². The van der Waals surface area contributed by atoms with Crippen LogP contribution in [0.2, 0.25) is 0 Å². The Kier molecular flexibility index (Phi) is 5.61. The van der Waals surface area contributed by atoms with E-state index in [1.807, 2.05) is 22.7 Å². The molecule has 0 amide bonds. The Labute approximate surface area is 159 Å². The highest BCUT2D eigenvalue weighted by Gasteiger charge is 2.02. The standard InChI is InChI=1S/C12H14S.C11H12S/c1-8(2)10-4-5-11-6-9(3)13-12(11)7-10;1-3-9-4-5-11-10(6-9)8(2)7-12-11/h4-8H,1-3H3;4-7H,3H2,1-2H3. The van der Waals surface area contributed by atoms with Gasteiger partial charge in [0.2, 0.25) is 0 Å². The Balaban J connectivity index is 0.000000146. The van der Waals surface area contributed by atoms with Gasteiger partial charge in [0, 0.05) is 14.3 Å². The SMILES string of the molecule is CCc1ccc2scc(C)c2c1.Cc1cc2ccc(C(C)C)cc2s1. The van der Waals surface area contributed by atoms with E-state index in [1.165, 1.54) is 41.7 Å². The van der Waals surface area contributed by atoms with E-state index in [2.05, 4.69) is 82.5 Å². The van der Waals surface area contributed by atoms with Gasteiger partial charge in [0.25, 0.3) is 0 Å². The van der Waals surface area contributed by atoms with Crippen molar-refractivity contribution in [1.82, 2.24) is 0 Å². The average molecular weight is 367 g/mol. The van der Waals surface area contributed by atoms with E-state index in [0.717, 1.165) is 6.42 Å². The molecule has 0 saturated carbocycles. The van der Waals surface area contributed by atoms with E-state index in [1.54, 1.807) is 0 Å². The number of thiophene rings is 2. The molecular weight excluding hydrogens is 340 g/mol. The summed E-state index contributed by atoms with van der Waals surface area (Å²) in [7, 11) is 0. The molecule has 0 aliphatic carbocycles. The molecule has 0 fully saturated rings. The van der Waals surface area contributed by atoms with Crippen LogP contribution in [-0.4, -0.2) is 0 Å². The summed E-state index contributed by atoms with van der Waals surface area (Å²) in [5.41, 5.74) is 4.28. The summed E-state index contributed by atoms with van der Waals surface area (Å²) in [6, 6.07) is 15.8. The summed E-state index contributed by atoms with van der Waals surface area (Å²) in [5, 5.41) is 5.04. The molecular formula is C23H26S2. The number of benzene rings is 2. The first-order chi connectivity index (χ1) is 12.0. The van der Waals surface area contributed by atoms with Crippen molar-refractivity contribution in [2.75, 3.05) is 0 Å². The van der Waals surface area contributed by atoms with Gasteiger partial charge >= 0.3 is 0 Å². The van der Waals surface area contributed by atoms with Gasteiger partial charge in [-0.1, -0.05) is 45.0 Å². The summed E-state index contributed by atoms with van der Waals surface area (Å²) in [5.74, 6) is 0.631. The second-order valence-electron chi connectivity index (χ2n) is 6.91. The lowest BCUT2D eigenvalue weighted by Crippen LogP contribution is -1.84. The van der Waals surface area contributed by atoms with E-state index in [4.69, 9.17) is 0 Å². The molecule has 0 aliphatic heterocycles. The van der Waals surface area contributed by atoms with Gasteiger partial charge in [-0.25, -0.2) is 0 Å². The maximum absolute atomic E-state index is 2.32. The summed E-state index contributed by atoms with van der Waals surface area (Å²) in [6.45, 7) is 11.0. The van der Waals surface area contributed by atoms with Gasteiger partial charge in [-0.2, -0.15) is 0 Å². The predicted molar refractivity (Wildman–Crippen MR) is 117 cm³/mol. The summed E-state index contributed by atoms with van der Waals surface area (Å²) >= 11 is 3.72. The van der Waals surface area contributed by atoms with Crippen LogP contribution in [0.25, 0.3) is 20.2 Å². The fourth-order valence-corrected chi connectivity index (χ4v) is 4.86. The molecule has 2 heteroatoms.